The van der Waals surface area contributed by atoms with Crippen molar-refractivity contribution in [3.8, 4) is 28.4 Å². The Kier molecular flexibility index (Phi) is 5.31. The van der Waals surface area contributed by atoms with Crippen LogP contribution in [-0.2, 0) is 23.0 Å². The van der Waals surface area contributed by atoms with Crippen LogP contribution < -0.4 is 8.92 Å². The van der Waals surface area contributed by atoms with E-state index in [1.807, 2.05) is 7.05 Å². The number of hydrogen-bond donors (Lipinski definition) is 2. The van der Waals surface area contributed by atoms with Crippen molar-refractivity contribution >= 4 is 10.1 Å². The zero-order valence-electron chi connectivity index (χ0n) is 16.4. The summed E-state index contributed by atoms with van der Waals surface area (Å²) in [5, 5.41) is 20.0. The summed E-state index contributed by atoms with van der Waals surface area (Å²) < 4.78 is 70.8. The first-order valence-electron chi connectivity index (χ1n) is 9.50. The highest BCUT2D eigenvalue weighted by atomic mass is 32.2. The summed E-state index contributed by atoms with van der Waals surface area (Å²) in [6.45, 7) is 0.456. The first kappa shape index (κ1) is 21.7. The lowest BCUT2D eigenvalue weighted by atomic mass is 9.76. The highest BCUT2D eigenvalue weighted by Gasteiger charge is 2.48. The molecule has 168 valence electrons. The lowest BCUT2D eigenvalue weighted by Crippen LogP contribution is -2.35. The number of rotatable bonds is 5. The topological polar surface area (TPSA) is 96.3 Å². The Balaban J connectivity index is 1.87. The minimum Gasteiger partial charge on any atom is -0.504 e. The Morgan fingerprint density at radius 3 is 2.65 bits per heavy atom. The van der Waals surface area contributed by atoms with Crippen molar-refractivity contribution in [1.29, 1.82) is 0 Å². The first-order valence-corrected chi connectivity index (χ1v) is 10.9. The van der Waals surface area contributed by atoms with Crippen molar-refractivity contribution in [2.45, 2.75) is 24.4 Å². The van der Waals surface area contributed by atoms with E-state index in [-0.39, 0.29) is 30.8 Å². The van der Waals surface area contributed by atoms with E-state index in [0.29, 0.717) is 24.0 Å². The maximum atomic E-state index is 12.7. The number of ether oxygens (including phenoxy) is 1. The highest BCUT2D eigenvalue weighted by Crippen LogP contribution is 2.52. The Morgan fingerprint density at radius 2 is 1.97 bits per heavy atom. The highest BCUT2D eigenvalue weighted by molar-refractivity contribution is 7.88. The predicted molar refractivity (Wildman–Crippen MR) is 105 cm³/mol. The first-order chi connectivity index (χ1) is 14.5. The van der Waals surface area contributed by atoms with Crippen LogP contribution in [0.4, 0.5) is 13.2 Å². The minimum absolute atomic E-state index is 0.0467. The molecule has 1 aliphatic carbocycles. The van der Waals surface area contributed by atoms with Crippen molar-refractivity contribution in [2.75, 3.05) is 26.8 Å². The van der Waals surface area contributed by atoms with Gasteiger partial charge in [-0.25, -0.2) is 0 Å². The average molecular weight is 459 g/mol. The molecular formula is C20H20F3NO6S. The number of likely N-dealkylation sites (N-methyl/N-ethyl adjacent to an activating group) is 1. The predicted octanol–water partition coefficient (Wildman–Crippen LogP) is 2.74. The molecule has 0 saturated carbocycles. The van der Waals surface area contributed by atoms with Gasteiger partial charge >= 0.3 is 15.6 Å². The van der Waals surface area contributed by atoms with E-state index in [0.717, 1.165) is 23.2 Å². The van der Waals surface area contributed by atoms with Crippen molar-refractivity contribution in [3.05, 3.63) is 41.0 Å². The maximum Gasteiger partial charge on any atom is 0.534 e. The second kappa shape index (κ2) is 7.57. The molecule has 2 aliphatic rings. The van der Waals surface area contributed by atoms with Gasteiger partial charge in [-0.3, -0.25) is 4.90 Å². The monoisotopic (exact) mass is 459 g/mol. The smallest absolute Gasteiger partial charge is 0.504 e. The SMILES string of the molecule is CN1CCc2cc(OCCO)c(O)c3c2C1Cc1ccc(OS(=O)(=O)C(F)(F)F)cc1-3. The molecule has 31 heavy (non-hydrogen) atoms. The molecule has 0 fully saturated rings. The van der Waals surface area contributed by atoms with Gasteiger partial charge in [-0.1, -0.05) is 6.07 Å². The summed E-state index contributed by atoms with van der Waals surface area (Å²) in [5.41, 5.74) is -2.34. The summed E-state index contributed by atoms with van der Waals surface area (Å²) in [6, 6.07) is 5.51. The second-order valence-corrected chi connectivity index (χ2v) is 9.03. The Hall–Kier alpha value is -2.50. The minimum atomic E-state index is -5.83. The fourth-order valence-corrected chi connectivity index (χ4v) is 4.62. The number of aliphatic hydroxyl groups is 1. The van der Waals surface area contributed by atoms with Crippen LogP contribution in [-0.4, -0.2) is 55.8 Å². The number of alkyl halides is 3. The van der Waals surface area contributed by atoms with Gasteiger partial charge in [0.1, 0.15) is 12.4 Å². The summed E-state index contributed by atoms with van der Waals surface area (Å²) >= 11 is 0. The van der Waals surface area contributed by atoms with Crippen LogP contribution >= 0.6 is 0 Å². The number of phenolic OH excluding ortho intramolecular Hbond substituents is 1. The number of phenols is 1. The van der Waals surface area contributed by atoms with Gasteiger partial charge in [0.25, 0.3) is 0 Å². The maximum absolute atomic E-state index is 12.7. The van der Waals surface area contributed by atoms with Gasteiger partial charge in [-0.15, -0.1) is 0 Å². The number of hydrogen-bond acceptors (Lipinski definition) is 7. The number of benzene rings is 2. The van der Waals surface area contributed by atoms with Gasteiger partial charge in [0.2, 0.25) is 0 Å². The third-order valence-corrected chi connectivity index (χ3v) is 6.57. The number of fused-ring (bicyclic) bond motifs is 2. The lowest BCUT2D eigenvalue weighted by molar-refractivity contribution is -0.0500. The standard InChI is InChI=1S/C20H20F3NO6S/c1-24-5-4-12-9-16(29-7-6-25)19(26)18-14-10-13(30-31(27,28)20(21,22)23)3-2-11(14)8-15(24)17(12)18/h2-3,9-10,15,25-26H,4-8H2,1H3. The van der Waals surface area contributed by atoms with Crippen LogP contribution in [0.15, 0.2) is 24.3 Å². The number of halogens is 3. The Bertz CT molecular complexity index is 1130. The summed E-state index contributed by atoms with van der Waals surface area (Å²) in [7, 11) is -3.88. The van der Waals surface area contributed by atoms with Crippen molar-refractivity contribution < 1.29 is 40.7 Å². The third-order valence-electron chi connectivity index (χ3n) is 5.59. The van der Waals surface area contributed by atoms with E-state index in [4.69, 9.17) is 9.84 Å². The van der Waals surface area contributed by atoms with Crippen LogP contribution in [0.25, 0.3) is 11.1 Å². The van der Waals surface area contributed by atoms with Gasteiger partial charge in [0.05, 0.1) is 6.61 Å². The molecule has 1 heterocycles. The number of aliphatic hydroxyl groups excluding tert-OH is 1. The van der Waals surface area contributed by atoms with Gasteiger partial charge in [-0.05, 0) is 60.3 Å². The fraction of sp³-hybridized carbons (Fsp3) is 0.400. The Morgan fingerprint density at radius 1 is 1.23 bits per heavy atom. The van der Waals surface area contributed by atoms with Gasteiger partial charge < -0.3 is 19.1 Å². The molecule has 1 aliphatic heterocycles. The molecule has 0 radical (unpaired) electrons. The van der Waals surface area contributed by atoms with Gasteiger partial charge in [0, 0.05) is 18.2 Å². The van der Waals surface area contributed by atoms with Gasteiger partial charge in [0.15, 0.2) is 11.5 Å². The summed E-state index contributed by atoms with van der Waals surface area (Å²) in [6.07, 6.45) is 1.20. The van der Waals surface area contributed by atoms with Crippen LogP contribution in [0.2, 0.25) is 0 Å². The van der Waals surface area contributed by atoms with E-state index in [9.17, 15) is 26.7 Å². The van der Waals surface area contributed by atoms with Crippen molar-refractivity contribution in [2.24, 2.45) is 0 Å². The molecule has 1 unspecified atom stereocenters. The molecule has 11 heteroatoms. The molecule has 4 rings (SSSR count). The largest absolute Gasteiger partial charge is 0.534 e. The van der Waals surface area contributed by atoms with Crippen molar-refractivity contribution in [3.63, 3.8) is 0 Å². The summed E-state index contributed by atoms with van der Waals surface area (Å²) in [5.74, 6) is -0.578. The molecule has 0 saturated heterocycles. The molecule has 0 aromatic heterocycles. The van der Waals surface area contributed by atoms with Crippen LogP contribution in [0, 0.1) is 0 Å². The van der Waals surface area contributed by atoms with Crippen molar-refractivity contribution in [1.82, 2.24) is 4.90 Å². The molecule has 7 nitrogen and oxygen atoms in total. The molecule has 0 bridgehead atoms. The van der Waals surface area contributed by atoms with Crippen LogP contribution in [0.3, 0.4) is 0 Å². The third kappa shape index (κ3) is 3.70. The molecule has 1 atom stereocenters. The molecule has 0 amide bonds. The molecule has 2 N–H and O–H groups in total. The number of nitrogens with zero attached hydrogens (tertiary/aromatic N) is 1. The fourth-order valence-electron chi connectivity index (χ4n) is 4.17. The molecule has 2 aromatic carbocycles. The second-order valence-electron chi connectivity index (χ2n) is 7.50. The van der Waals surface area contributed by atoms with E-state index >= 15 is 0 Å². The normalized spacial score (nSPS) is 18.3. The van der Waals surface area contributed by atoms with E-state index in [2.05, 4.69) is 9.08 Å². The molecular weight excluding hydrogens is 439 g/mol. The van der Waals surface area contributed by atoms with E-state index in [1.54, 1.807) is 6.07 Å². The zero-order valence-corrected chi connectivity index (χ0v) is 17.3. The quantitative estimate of drug-likeness (QED) is 0.524. The average Bonchev–Trinajstić information content (AvgIpc) is 2.69. The Labute approximate surface area is 176 Å². The van der Waals surface area contributed by atoms with Crippen LogP contribution in [0.5, 0.6) is 17.2 Å². The van der Waals surface area contributed by atoms with E-state index in [1.165, 1.54) is 18.2 Å². The van der Waals surface area contributed by atoms with Crippen LogP contribution in [0.1, 0.15) is 22.7 Å². The lowest BCUT2D eigenvalue weighted by Gasteiger charge is -2.40. The van der Waals surface area contributed by atoms with Gasteiger partial charge in [-0.2, -0.15) is 21.6 Å². The summed E-state index contributed by atoms with van der Waals surface area (Å²) in [4.78, 5) is 2.13. The van der Waals surface area contributed by atoms with E-state index < -0.39 is 21.4 Å². The number of aromatic hydroxyl groups is 1. The molecule has 0 spiro atoms. The zero-order chi connectivity index (χ0) is 22.6. The molecule has 2 aromatic rings.